The number of nitrogens with one attached hydrogen (secondary N) is 1. The van der Waals surface area contributed by atoms with Crippen molar-refractivity contribution in [1.82, 2.24) is 5.32 Å². The number of carbonyl (C=O) groups is 1. The van der Waals surface area contributed by atoms with Gasteiger partial charge in [-0.3, -0.25) is 4.79 Å². The highest BCUT2D eigenvalue weighted by Crippen LogP contribution is 2.32. The van der Waals surface area contributed by atoms with Crippen LogP contribution < -0.4 is 10.1 Å². The molecule has 0 fully saturated rings. The minimum atomic E-state index is -0.788. The first-order valence-electron chi connectivity index (χ1n) is 6.62. The molecule has 5 nitrogen and oxygen atoms in total. The van der Waals surface area contributed by atoms with E-state index in [2.05, 4.69) is 5.32 Å². The Morgan fingerprint density at radius 3 is 2.71 bits per heavy atom. The molecule has 0 heterocycles. The maximum atomic E-state index is 12.0. The number of benzene rings is 1. The summed E-state index contributed by atoms with van der Waals surface area (Å²) in [6.07, 6.45) is 0.202. The van der Waals surface area contributed by atoms with Gasteiger partial charge in [0.25, 0.3) is 5.91 Å². The summed E-state index contributed by atoms with van der Waals surface area (Å²) in [4.78, 5) is 12.0. The van der Waals surface area contributed by atoms with Crippen LogP contribution in [0, 0.1) is 0 Å². The van der Waals surface area contributed by atoms with Crippen molar-refractivity contribution in [3.8, 4) is 5.75 Å². The van der Waals surface area contributed by atoms with Gasteiger partial charge in [-0.15, -0.1) is 0 Å². The number of aliphatic hydroxyl groups excluding tert-OH is 2. The maximum Gasteiger partial charge on any atom is 0.261 e. The minimum absolute atomic E-state index is 0.0105. The van der Waals surface area contributed by atoms with Gasteiger partial charge >= 0.3 is 0 Å². The van der Waals surface area contributed by atoms with E-state index >= 15 is 0 Å². The average molecular weight is 336 g/mol. The van der Waals surface area contributed by atoms with Gasteiger partial charge in [0, 0.05) is 6.61 Å². The molecule has 0 saturated heterocycles. The van der Waals surface area contributed by atoms with Crippen LogP contribution >= 0.6 is 23.2 Å². The predicted molar refractivity (Wildman–Crippen MR) is 81.9 cm³/mol. The van der Waals surface area contributed by atoms with Crippen LogP contribution in [0.5, 0.6) is 5.75 Å². The number of aliphatic hydroxyl groups is 2. The van der Waals surface area contributed by atoms with Crippen LogP contribution in [0.3, 0.4) is 0 Å². The Kier molecular flexibility index (Phi) is 7.82. The third kappa shape index (κ3) is 5.71. The lowest BCUT2D eigenvalue weighted by molar-refractivity contribution is -0.128. The van der Waals surface area contributed by atoms with Crippen LogP contribution in [0.2, 0.25) is 10.0 Å². The topological polar surface area (TPSA) is 78.8 Å². The molecule has 0 aliphatic heterocycles. The summed E-state index contributed by atoms with van der Waals surface area (Å²) < 4.78 is 5.48. The predicted octanol–water partition coefficient (Wildman–Crippen LogP) is 2.01. The lowest BCUT2D eigenvalue weighted by Gasteiger charge is -2.20. The Labute approximate surface area is 133 Å². The highest BCUT2D eigenvalue weighted by molar-refractivity contribution is 6.42. The number of ether oxygens (including phenoxy) is 1. The van der Waals surface area contributed by atoms with Crippen molar-refractivity contribution in [3.05, 3.63) is 28.2 Å². The zero-order valence-corrected chi connectivity index (χ0v) is 13.2. The Balaban J connectivity index is 2.59. The molecule has 3 N–H and O–H groups in total. The van der Waals surface area contributed by atoms with Gasteiger partial charge < -0.3 is 20.3 Å². The summed E-state index contributed by atoms with van der Waals surface area (Å²) in [6.45, 7) is 1.39. The summed E-state index contributed by atoms with van der Waals surface area (Å²) in [5.74, 6) is -0.0502. The smallest absolute Gasteiger partial charge is 0.261 e. The molecule has 2 atom stereocenters. The van der Waals surface area contributed by atoms with Gasteiger partial charge in [-0.25, -0.2) is 0 Å². The summed E-state index contributed by atoms with van der Waals surface area (Å²) in [6, 6.07) is 4.50. The van der Waals surface area contributed by atoms with Gasteiger partial charge in [0.2, 0.25) is 0 Å². The van der Waals surface area contributed by atoms with Crippen molar-refractivity contribution in [2.45, 2.75) is 31.9 Å². The van der Waals surface area contributed by atoms with Crippen LogP contribution in [-0.2, 0) is 4.79 Å². The second-order valence-corrected chi connectivity index (χ2v) is 5.35. The molecule has 1 aromatic rings. The first-order chi connectivity index (χ1) is 9.99. The van der Waals surface area contributed by atoms with Gasteiger partial charge in [0.1, 0.15) is 10.8 Å². The van der Waals surface area contributed by atoms with Gasteiger partial charge in [-0.1, -0.05) is 29.3 Å². The fraction of sp³-hybridized carbons (Fsp3) is 0.500. The Hall–Kier alpha value is -1.01. The normalized spacial score (nSPS) is 13.6. The molecule has 1 rings (SSSR count). The van der Waals surface area contributed by atoms with E-state index in [1.165, 1.54) is 0 Å². The second kappa shape index (κ2) is 9.10. The molecule has 2 unspecified atom stereocenters. The van der Waals surface area contributed by atoms with Crippen LogP contribution in [0.4, 0.5) is 0 Å². The molecule has 7 heteroatoms. The highest BCUT2D eigenvalue weighted by atomic mass is 35.5. The molecule has 0 aliphatic rings. The van der Waals surface area contributed by atoms with Crippen molar-refractivity contribution >= 4 is 29.1 Å². The lowest BCUT2D eigenvalue weighted by atomic mass is 10.1. The van der Waals surface area contributed by atoms with Gasteiger partial charge in [-0.05, 0) is 31.9 Å². The molecule has 0 bridgehead atoms. The maximum absolute atomic E-state index is 12.0. The standard InChI is InChI=1S/C14H19Cl2NO4/c1-9(14(20)17-10(8-19)4-3-7-18)21-12-6-2-5-11(15)13(12)16/h2,5-6,9-10,18-19H,3-4,7-8H2,1H3,(H,17,20). The quantitative estimate of drug-likeness (QED) is 0.679. The van der Waals surface area contributed by atoms with E-state index in [4.69, 9.17) is 33.0 Å². The SMILES string of the molecule is CC(Oc1cccc(Cl)c1Cl)C(=O)NC(CO)CCCO. The van der Waals surface area contributed by atoms with E-state index in [0.29, 0.717) is 23.6 Å². The fourth-order valence-electron chi connectivity index (χ4n) is 1.68. The van der Waals surface area contributed by atoms with E-state index in [0.717, 1.165) is 0 Å². The van der Waals surface area contributed by atoms with Crippen molar-refractivity contribution < 1.29 is 19.7 Å². The van der Waals surface area contributed by atoms with Crippen LogP contribution in [0.25, 0.3) is 0 Å². The third-order valence-electron chi connectivity index (χ3n) is 2.87. The van der Waals surface area contributed by atoms with Crippen LogP contribution in [-0.4, -0.2) is 41.5 Å². The lowest BCUT2D eigenvalue weighted by Crippen LogP contribution is -2.44. The molecule has 0 radical (unpaired) electrons. The van der Waals surface area contributed by atoms with E-state index < -0.39 is 12.1 Å². The monoisotopic (exact) mass is 335 g/mol. The van der Waals surface area contributed by atoms with Crippen molar-refractivity contribution in [2.24, 2.45) is 0 Å². The molecule has 21 heavy (non-hydrogen) atoms. The summed E-state index contributed by atoms with van der Waals surface area (Å²) >= 11 is 11.9. The molecular formula is C14H19Cl2NO4. The molecule has 1 amide bonds. The van der Waals surface area contributed by atoms with E-state index in [9.17, 15) is 9.90 Å². The second-order valence-electron chi connectivity index (χ2n) is 4.57. The Morgan fingerprint density at radius 2 is 2.10 bits per heavy atom. The molecule has 0 aromatic heterocycles. The van der Waals surface area contributed by atoms with Crippen molar-refractivity contribution in [3.63, 3.8) is 0 Å². The van der Waals surface area contributed by atoms with Crippen LogP contribution in [0.15, 0.2) is 18.2 Å². The third-order valence-corrected chi connectivity index (χ3v) is 3.67. The highest BCUT2D eigenvalue weighted by Gasteiger charge is 2.19. The van der Waals surface area contributed by atoms with E-state index in [1.807, 2.05) is 0 Å². The number of rotatable bonds is 8. The molecule has 0 spiro atoms. The fourth-order valence-corrected chi connectivity index (χ4v) is 2.02. The first kappa shape index (κ1) is 18.0. The van der Waals surface area contributed by atoms with E-state index in [1.54, 1.807) is 25.1 Å². The number of hydrogen-bond acceptors (Lipinski definition) is 4. The summed E-state index contributed by atoms with van der Waals surface area (Å²) in [5, 5.41) is 21.2. The first-order valence-corrected chi connectivity index (χ1v) is 7.38. The molecule has 0 saturated carbocycles. The van der Waals surface area contributed by atoms with Gasteiger partial charge in [0.05, 0.1) is 17.7 Å². The van der Waals surface area contributed by atoms with Gasteiger partial charge in [0.15, 0.2) is 6.10 Å². The van der Waals surface area contributed by atoms with E-state index in [-0.39, 0.29) is 24.1 Å². The Morgan fingerprint density at radius 1 is 1.38 bits per heavy atom. The van der Waals surface area contributed by atoms with Crippen molar-refractivity contribution in [1.29, 1.82) is 0 Å². The number of amides is 1. The molecule has 0 aliphatic carbocycles. The van der Waals surface area contributed by atoms with Gasteiger partial charge in [-0.2, -0.15) is 0 Å². The average Bonchev–Trinajstić information content (AvgIpc) is 2.47. The minimum Gasteiger partial charge on any atom is -0.479 e. The molecule has 1 aromatic carbocycles. The number of carbonyl (C=O) groups excluding carboxylic acids is 1. The zero-order chi connectivity index (χ0) is 15.8. The number of halogens is 2. The van der Waals surface area contributed by atoms with Crippen LogP contribution in [0.1, 0.15) is 19.8 Å². The number of hydrogen-bond donors (Lipinski definition) is 3. The van der Waals surface area contributed by atoms with Crippen molar-refractivity contribution in [2.75, 3.05) is 13.2 Å². The largest absolute Gasteiger partial charge is 0.479 e. The Bertz CT molecular complexity index is 470. The summed E-state index contributed by atoms with van der Waals surface area (Å²) in [7, 11) is 0. The molecule has 118 valence electrons. The molecular weight excluding hydrogens is 317 g/mol. The summed E-state index contributed by atoms with van der Waals surface area (Å²) in [5.41, 5.74) is 0. The zero-order valence-electron chi connectivity index (χ0n) is 11.7.